The number of nitrogens with two attached hydrogens (primary N) is 1. The van der Waals surface area contributed by atoms with Gasteiger partial charge in [-0.1, -0.05) is 34.6 Å². The zero-order valence-corrected chi connectivity index (χ0v) is 13.7. The van der Waals surface area contributed by atoms with Gasteiger partial charge in [-0.2, -0.15) is 0 Å². The topological polar surface area (TPSA) is 81.4 Å². The summed E-state index contributed by atoms with van der Waals surface area (Å²) in [6.07, 6.45) is 1.25. The van der Waals surface area contributed by atoms with Crippen LogP contribution < -0.4 is 11.1 Å². The van der Waals surface area contributed by atoms with Crippen LogP contribution in [0.2, 0.25) is 0 Å². The molecule has 5 heteroatoms. The SMILES string of the molecule is COC(=O)[C@H](CC(C)C)NC(=O)C(CN)CC(C)(C)C. The fourth-order valence-electron chi connectivity index (χ4n) is 2.14. The van der Waals surface area contributed by atoms with Gasteiger partial charge in [0.25, 0.3) is 0 Å². The van der Waals surface area contributed by atoms with Crippen LogP contribution in [0.1, 0.15) is 47.5 Å². The molecule has 2 atom stereocenters. The number of rotatable bonds is 7. The Hall–Kier alpha value is -1.10. The van der Waals surface area contributed by atoms with Gasteiger partial charge in [0, 0.05) is 6.54 Å². The molecule has 0 aromatic rings. The van der Waals surface area contributed by atoms with Crippen molar-refractivity contribution in [2.75, 3.05) is 13.7 Å². The molecule has 0 aliphatic carbocycles. The Labute approximate surface area is 122 Å². The summed E-state index contributed by atoms with van der Waals surface area (Å²) in [6, 6.07) is -0.596. The van der Waals surface area contributed by atoms with Crippen molar-refractivity contribution in [2.24, 2.45) is 23.0 Å². The third-order valence-corrected chi connectivity index (χ3v) is 3.02. The molecule has 1 amide bonds. The third kappa shape index (κ3) is 7.48. The first-order valence-electron chi connectivity index (χ1n) is 7.19. The molecule has 118 valence electrons. The number of esters is 1. The molecular formula is C15H30N2O3. The van der Waals surface area contributed by atoms with Crippen molar-refractivity contribution < 1.29 is 14.3 Å². The summed E-state index contributed by atoms with van der Waals surface area (Å²) in [5.74, 6) is -0.565. The average molecular weight is 286 g/mol. The number of amides is 1. The molecule has 0 aliphatic heterocycles. The van der Waals surface area contributed by atoms with Gasteiger partial charge in [0.15, 0.2) is 0 Å². The Kier molecular flexibility index (Phi) is 7.79. The quantitative estimate of drug-likeness (QED) is 0.698. The Bertz CT molecular complexity index is 322. The second-order valence-electron chi connectivity index (χ2n) is 6.91. The minimum Gasteiger partial charge on any atom is -0.467 e. The van der Waals surface area contributed by atoms with Crippen LogP contribution in [0.3, 0.4) is 0 Å². The molecule has 0 bridgehead atoms. The maximum absolute atomic E-state index is 12.3. The lowest BCUT2D eigenvalue weighted by Gasteiger charge is -2.26. The molecular weight excluding hydrogens is 256 g/mol. The molecule has 0 spiro atoms. The van der Waals surface area contributed by atoms with E-state index in [0.717, 1.165) is 0 Å². The van der Waals surface area contributed by atoms with Crippen molar-refractivity contribution in [3.8, 4) is 0 Å². The van der Waals surface area contributed by atoms with E-state index in [1.165, 1.54) is 7.11 Å². The first-order chi connectivity index (χ1) is 9.10. The Balaban J connectivity index is 4.75. The molecule has 1 unspecified atom stereocenters. The Morgan fingerprint density at radius 2 is 1.80 bits per heavy atom. The monoisotopic (exact) mass is 286 g/mol. The molecule has 0 heterocycles. The van der Waals surface area contributed by atoms with Gasteiger partial charge in [0.2, 0.25) is 5.91 Å². The normalized spacial score (nSPS) is 14.8. The lowest BCUT2D eigenvalue weighted by molar-refractivity contribution is -0.146. The molecule has 0 radical (unpaired) electrons. The standard InChI is InChI=1S/C15H30N2O3/c1-10(2)7-12(14(19)20-6)17-13(18)11(9-16)8-15(3,4)5/h10-12H,7-9,16H2,1-6H3,(H,17,18)/t11?,12-/m0/s1. The number of nitrogens with one attached hydrogen (secondary N) is 1. The number of hydrogen-bond acceptors (Lipinski definition) is 4. The van der Waals surface area contributed by atoms with Crippen LogP contribution in [0, 0.1) is 17.3 Å². The van der Waals surface area contributed by atoms with E-state index in [1.54, 1.807) is 0 Å². The molecule has 0 aromatic carbocycles. The van der Waals surface area contributed by atoms with Crippen molar-refractivity contribution in [3.05, 3.63) is 0 Å². The minimum absolute atomic E-state index is 0.0141. The fraction of sp³-hybridized carbons (Fsp3) is 0.867. The average Bonchev–Trinajstić information content (AvgIpc) is 2.32. The second kappa shape index (κ2) is 8.25. The van der Waals surface area contributed by atoms with Crippen LogP contribution in [0.15, 0.2) is 0 Å². The summed E-state index contributed by atoms with van der Waals surface area (Å²) in [5.41, 5.74) is 5.70. The Morgan fingerprint density at radius 1 is 1.25 bits per heavy atom. The third-order valence-electron chi connectivity index (χ3n) is 3.02. The highest BCUT2D eigenvalue weighted by atomic mass is 16.5. The van der Waals surface area contributed by atoms with E-state index in [0.29, 0.717) is 18.8 Å². The van der Waals surface area contributed by atoms with E-state index < -0.39 is 12.0 Å². The highest BCUT2D eigenvalue weighted by Gasteiger charge is 2.28. The van der Waals surface area contributed by atoms with Crippen molar-refractivity contribution in [2.45, 2.75) is 53.5 Å². The molecule has 0 saturated heterocycles. The van der Waals surface area contributed by atoms with Crippen molar-refractivity contribution in [1.29, 1.82) is 0 Å². The molecule has 20 heavy (non-hydrogen) atoms. The summed E-state index contributed by atoms with van der Waals surface area (Å²) >= 11 is 0. The van der Waals surface area contributed by atoms with Gasteiger partial charge < -0.3 is 15.8 Å². The lowest BCUT2D eigenvalue weighted by Crippen LogP contribution is -2.47. The van der Waals surface area contributed by atoms with Crippen LogP contribution in [-0.4, -0.2) is 31.6 Å². The van der Waals surface area contributed by atoms with E-state index in [1.807, 2.05) is 13.8 Å². The molecule has 5 nitrogen and oxygen atoms in total. The van der Waals surface area contributed by atoms with Gasteiger partial charge in [-0.3, -0.25) is 4.79 Å². The summed E-state index contributed by atoms with van der Waals surface area (Å²) < 4.78 is 4.74. The molecule has 0 fully saturated rings. The van der Waals surface area contributed by atoms with Gasteiger partial charge >= 0.3 is 5.97 Å². The summed E-state index contributed by atoms with van der Waals surface area (Å²) in [5, 5.41) is 2.78. The molecule has 0 saturated carbocycles. The van der Waals surface area contributed by atoms with E-state index in [-0.39, 0.29) is 23.8 Å². The minimum atomic E-state index is -0.596. The van der Waals surface area contributed by atoms with Crippen LogP contribution >= 0.6 is 0 Å². The first kappa shape index (κ1) is 18.9. The van der Waals surface area contributed by atoms with E-state index >= 15 is 0 Å². The van der Waals surface area contributed by atoms with Gasteiger partial charge in [-0.05, 0) is 24.2 Å². The number of ether oxygens (including phenoxy) is 1. The van der Waals surface area contributed by atoms with Crippen molar-refractivity contribution in [1.82, 2.24) is 5.32 Å². The number of methoxy groups -OCH3 is 1. The fourth-order valence-corrected chi connectivity index (χ4v) is 2.14. The largest absolute Gasteiger partial charge is 0.467 e. The number of carbonyl (C=O) groups excluding carboxylic acids is 2. The maximum Gasteiger partial charge on any atom is 0.328 e. The van der Waals surface area contributed by atoms with Gasteiger partial charge in [-0.15, -0.1) is 0 Å². The lowest BCUT2D eigenvalue weighted by atomic mass is 9.84. The molecule has 0 rings (SSSR count). The first-order valence-corrected chi connectivity index (χ1v) is 7.19. The van der Waals surface area contributed by atoms with Gasteiger partial charge in [0.05, 0.1) is 13.0 Å². The molecule has 0 aromatic heterocycles. The molecule has 3 N–H and O–H groups in total. The summed E-state index contributed by atoms with van der Waals surface area (Å²) in [7, 11) is 1.33. The van der Waals surface area contributed by atoms with Gasteiger partial charge in [0.1, 0.15) is 6.04 Å². The van der Waals surface area contributed by atoms with Crippen LogP contribution in [0.5, 0.6) is 0 Å². The smallest absolute Gasteiger partial charge is 0.328 e. The van der Waals surface area contributed by atoms with Crippen molar-refractivity contribution in [3.63, 3.8) is 0 Å². The van der Waals surface area contributed by atoms with Gasteiger partial charge in [-0.25, -0.2) is 4.79 Å². The zero-order chi connectivity index (χ0) is 15.9. The summed E-state index contributed by atoms with van der Waals surface area (Å²) in [6.45, 7) is 10.5. The highest BCUT2D eigenvalue weighted by Crippen LogP contribution is 2.24. The van der Waals surface area contributed by atoms with E-state index in [9.17, 15) is 9.59 Å². The number of carbonyl (C=O) groups is 2. The van der Waals surface area contributed by atoms with Crippen LogP contribution in [-0.2, 0) is 14.3 Å². The highest BCUT2D eigenvalue weighted by molar-refractivity contribution is 5.85. The predicted molar refractivity (Wildman–Crippen MR) is 80.0 cm³/mol. The van der Waals surface area contributed by atoms with Crippen LogP contribution in [0.25, 0.3) is 0 Å². The maximum atomic E-state index is 12.3. The second-order valence-corrected chi connectivity index (χ2v) is 6.91. The van der Waals surface area contributed by atoms with Crippen LogP contribution in [0.4, 0.5) is 0 Å². The summed E-state index contributed by atoms with van der Waals surface area (Å²) in [4.78, 5) is 24.0. The molecule has 0 aliphatic rings. The Morgan fingerprint density at radius 3 is 2.15 bits per heavy atom. The van der Waals surface area contributed by atoms with E-state index in [4.69, 9.17) is 10.5 Å². The zero-order valence-electron chi connectivity index (χ0n) is 13.7. The number of hydrogen-bond donors (Lipinski definition) is 2. The van der Waals surface area contributed by atoms with E-state index in [2.05, 4.69) is 26.1 Å². The predicted octanol–water partition coefficient (Wildman–Crippen LogP) is 1.70. The van der Waals surface area contributed by atoms with Crippen molar-refractivity contribution >= 4 is 11.9 Å².